The number of nitrogens with one attached hydrogen (secondary N) is 2. The number of hydrogen-bond donors (Lipinski definition) is 3. The van der Waals surface area contributed by atoms with Crippen molar-refractivity contribution in [3.05, 3.63) is 41.7 Å². The number of anilines is 1. The van der Waals surface area contributed by atoms with Crippen LogP contribution in [0.3, 0.4) is 0 Å². The second-order valence-corrected chi connectivity index (χ2v) is 9.26. The van der Waals surface area contributed by atoms with Gasteiger partial charge >= 0.3 is 0 Å². The Bertz CT molecular complexity index is 1170. The van der Waals surface area contributed by atoms with Crippen LogP contribution in [0.2, 0.25) is 0 Å². The van der Waals surface area contributed by atoms with Crippen LogP contribution in [0.15, 0.2) is 35.6 Å². The lowest BCUT2D eigenvalue weighted by atomic mass is 10.1. The Kier molecular flexibility index (Phi) is 8.31. The molecule has 1 amide bonds. The van der Waals surface area contributed by atoms with Crippen molar-refractivity contribution in [2.24, 2.45) is 4.99 Å². The highest BCUT2D eigenvalue weighted by atomic mass is 16.3. The standard InChI is InChI=1S/C26H35N7O2/c1-32-13-6-4-3-5-11-22(34)33(2)14-8-12-27-24-23-21(26(35)31-25(23)30-18-29-24)16-28-20-10-7-9-19(15-20)17-32/h7,9-10,15-16,18,35H,3-6,8,11-14,17H2,1-2H3,(H2,27,29,30,31). The monoisotopic (exact) mass is 477 g/mol. The van der Waals surface area contributed by atoms with E-state index in [9.17, 15) is 9.90 Å². The van der Waals surface area contributed by atoms with Crippen LogP contribution in [0.5, 0.6) is 5.88 Å². The molecular weight excluding hydrogens is 442 g/mol. The van der Waals surface area contributed by atoms with Crippen molar-refractivity contribution in [2.75, 3.05) is 39.0 Å². The molecule has 2 bridgehead atoms. The number of carbonyl (C=O) groups excluding carboxylic acids is 1. The van der Waals surface area contributed by atoms with E-state index in [4.69, 9.17) is 0 Å². The molecule has 0 saturated heterocycles. The molecular formula is C26H35N7O2. The second-order valence-electron chi connectivity index (χ2n) is 9.26. The van der Waals surface area contributed by atoms with Crippen LogP contribution in [0, 0.1) is 0 Å². The number of hydrogen-bond acceptors (Lipinski definition) is 7. The van der Waals surface area contributed by atoms with Gasteiger partial charge in [0.1, 0.15) is 17.8 Å². The largest absolute Gasteiger partial charge is 0.494 e. The first-order valence-electron chi connectivity index (χ1n) is 12.4. The maximum atomic E-state index is 12.4. The summed E-state index contributed by atoms with van der Waals surface area (Å²) in [6.45, 7) is 3.17. The van der Waals surface area contributed by atoms with Gasteiger partial charge in [-0.25, -0.2) is 9.97 Å². The molecule has 4 rings (SSSR count). The molecule has 186 valence electrons. The average Bonchev–Trinajstić information content (AvgIpc) is 3.17. The second kappa shape index (κ2) is 11.8. The van der Waals surface area contributed by atoms with Crippen molar-refractivity contribution in [1.82, 2.24) is 24.8 Å². The molecule has 2 aromatic heterocycles. The van der Waals surface area contributed by atoms with E-state index in [2.05, 4.69) is 49.3 Å². The first kappa shape index (κ1) is 24.7. The van der Waals surface area contributed by atoms with Gasteiger partial charge in [-0.3, -0.25) is 9.79 Å². The van der Waals surface area contributed by atoms with Crippen molar-refractivity contribution in [1.29, 1.82) is 0 Å². The molecule has 9 nitrogen and oxygen atoms in total. The highest BCUT2D eigenvalue weighted by Gasteiger charge is 2.15. The number of aromatic nitrogens is 3. The maximum absolute atomic E-state index is 12.4. The molecule has 1 aromatic carbocycles. The summed E-state index contributed by atoms with van der Waals surface area (Å²) in [6.07, 6.45) is 8.76. The molecule has 0 aliphatic carbocycles. The van der Waals surface area contributed by atoms with Crippen molar-refractivity contribution in [3.8, 4) is 5.88 Å². The van der Waals surface area contributed by atoms with Crippen molar-refractivity contribution >= 4 is 34.7 Å². The first-order chi connectivity index (χ1) is 17.0. The molecule has 0 fully saturated rings. The number of rotatable bonds is 0. The Hall–Kier alpha value is -3.46. The molecule has 1 aliphatic heterocycles. The number of amides is 1. The van der Waals surface area contributed by atoms with Crippen LogP contribution >= 0.6 is 0 Å². The highest BCUT2D eigenvalue weighted by Crippen LogP contribution is 2.30. The summed E-state index contributed by atoms with van der Waals surface area (Å²) in [5.74, 6) is 0.824. The molecule has 0 spiro atoms. The van der Waals surface area contributed by atoms with Crippen LogP contribution < -0.4 is 5.32 Å². The highest BCUT2D eigenvalue weighted by molar-refractivity contribution is 6.06. The normalized spacial score (nSPS) is 17.5. The molecule has 3 heterocycles. The summed E-state index contributed by atoms with van der Waals surface area (Å²) in [6, 6.07) is 8.14. The number of aromatic amines is 1. The molecule has 1 aliphatic rings. The number of benzene rings is 1. The summed E-state index contributed by atoms with van der Waals surface area (Å²) in [4.78, 5) is 32.8. The Morgan fingerprint density at radius 2 is 1.89 bits per heavy atom. The Balaban J connectivity index is 1.59. The average molecular weight is 478 g/mol. The fourth-order valence-electron chi connectivity index (χ4n) is 4.41. The lowest BCUT2D eigenvalue weighted by Crippen LogP contribution is -2.28. The molecule has 35 heavy (non-hydrogen) atoms. The first-order valence-corrected chi connectivity index (χ1v) is 12.4. The topological polar surface area (TPSA) is 110 Å². The van der Waals surface area contributed by atoms with Gasteiger partial charge in [0.15, 0.2) is 5.88 Å². The predicted octanol–water partition coefficient (Wildman–Crippen LogP) is 4.07. The van der Waals surface area contributed by atoms with Crippen molar-refractivity contribution in [3.63, 3.8) is 0 Å². The summed E-state index contributed by atoms with van der Waals surface area (Å²) in [7, 11) is 4.00. The minimum Gasteiger partial charge on any atom is -0.494 e. The summed E-state index contributed by atoms with van der Waals surface area (Å²) in [5.41, 5.74) is 3.09. The number of aliphatic imine (C=N–C) groups is 1. The van der Waals surface area contributed by atoms with Gasteiger partial charge in [0.2, 0.25) is 5.91 Å². The molecule has 3 aromatic rings. The smallest absolute Gasteiger partial charge is 0.222 e. The van der Waals surface area contributed by atoms with E-state index in [-0.39, 0.29) is 11.8 Å². The van der Waals surface area contributed by atoms with Crippen LogP contribution in [-0.4, -0.2) is 75.7 Å². The third-order valence-electron chi connectivity index (χ3n) is 6.38. The molecule has 0 unspecified atom stereocenters. The zero-order valence-electron chi connectivity index (χ0n) is 20.6. The SMILES string of the molecule is CN1CCCCCCC(=O)N(C)CCCNc2ncnc3[nH]c(O)c(c23)C=Nc2cccc(c2)C1. The molecule has 9 heteroatoms. The zero-order chi connectivity index (χ0) is 24.6. The van der Waals surface area contributed by atoms with E-state index < -0.39 is 0 Å². The van der Waals surface area contributed by atoms with E-state index in [1.54, 1.807) is 6.21 Å². The maximum Gasteiger partial charge on any atom is 0.222 e. The summed E-state index contributed by atoms with van der Waals surface area (Å²) >= 11 is 0. The summed E-state index contributed by atoms with van der Waals surface area (Å²) in [5, 5.41) is 14.6. The van der Waals surface area contributed by atoms with E-state index in [0.29, 0.717) is 41.9 Å². The number of fused-ring (bicyclic) bond motifs is 2. The van der Waals surface area contributed by atoms with E-state index in [1.807, 2.05) is 24.1 Å². The van der Waals surface area contributed by atoms with Crippen LogP contribution in [0.1, 0.15) is 49.7 Å². The molecule has 0 saturated carbocycles. The number of carbonyl (C=O) groups is 1. The number of aromatic hydroxyl groups is 1. The minimum atomic E-state index is 0.00275. The lowest BCUT2D eigenvalue weighted by Gasteiger charge is -2.18. The van der Waals surface area contributed by atoms with E-state index in [1.165, 1.54) is 11.9 Å². The van der Waals surface area contributed by atoms with Gasteiger partial charge < -0.3 is 25.2 Å². The van der Waals surface area contributed by atoms with Crippen LogP contribution in [-0.2, 0) is 11.3 Å². The van der Waals surface area contributed by atoms with Crippen molar-refractivity contribution < 1.29 is 9.90 Å². The van der Waals surface area contributed by atoms with Gasteiger partial charge in [-0.15, -0.1) is 0 Å². The van der Waals surface area contributed by atoms with Gasteiger partial charge in [0, 0.05) is 39.3 Å². The van der Waals surface area contributed by atoms with Crippen molar-refractivity contribution in [2.45, 2.75) is 45.1 Å². The van der Waals surface area contributed by atoms with E-state index >= 15 is 0 Å². The van der Waals surface area contributed by atoms with Gasteiger partial charge in [-0.2, -0.15) is 0 Å². The van der Waals surface area contributed by atoms with Crippen LogP contribution in [0.4, 0.5) is 11.5 Å². The van der Waals surface area contributed by atoms with Gasteiger partial charge in [0.25, 0.3) is 0 Å². The minimum absolute atomic E-state index is 0.00275. The van der Waals surface area contributed by atoms with Crippen LogP contribution in [0.25, 0.3) is 11.0 Å². The number of nitrogens with zero attached hydrogens (tertiary/aromatic N) is 5. The predicted molar refractivity (Wildman–Crippen MR) is 139 cm³/mol. The Labute approximate surface area is 206 Å². The third-order valence-corrected chi connectivity index (χ3v) is 6.38. The molecule has 0 radical (unpaired) electrons. The fourth-order valence-corrected chi connectivity index (χ4v) is 4.41. The molecule has 3 N–H and O–H groups in total. The summed E-state index contributed by atoms with van der Waals surface area (Å²) < 4.78 is 0. The zero-order valence-corrected chi connectivity index (χ0v) is 20.6. The van der Waals surface area contributed by atoms with E-state index in [0.717, 1.165) is 50.9 Å². The Morgan fingerprint density at radius 1 is 1.03 bits per heavy atom. The van der Waals surface area contributed by atoms with Gasteiger partial charge in [0.05, 0.1) is 16.6 Å². The lowest BCUT2D eigenvalue weighted by molar-refractivity contribution is -0.130. The van der Waals surface area contributed by atoms with Gasteiger partial charge in [-0.05, 0) is 50.6 Å². The van der Waals surface area contributed by atoms with Gasteiger partial charge in [-0.1, -0.05) is 25.0 Å². The fraction of sp³-hybridized carbons (Fsp3) is 0.462. The molecule has 0 atom stereocenters. The quantitative estimate of drug-likeness (QED) is 0.450. The number of H-pyrrole nitrogens is 1. The third kappa shape index (κ3) is 6.57. The Morgan fingerprint density at radius 3 is 2.77 bits per heavy atom.